The fraction of sp³-hybridized carbons (Fsp3) is 0.947. The highest BCUT2D eigenvalue weighted by Gasteiger charge is 2.24. The Morgan fingerprint density at radius 1 is 1.35 bits per heavy atom. The van der Waals surface area contributed by atoms with Crippen molar-refractivity contribution in [3.63, 3.8) is 0 Å². The predicted molar refractivity (Wildman–Crippen MR) is 98.6 cm³/mol. The number of carbonyl (C=O) groups excluding carboxylic acids is 1. The highest BCUT2D eigenvalue weighted by atomic mass is 16.5. The second-order valence-electron chi connectivity index (χ2n) is 7.75. The summed E-state index contributed by atoms with van der Waals surface area (Å²) in [6.07, 6.45) is 7.73. The molecule has 0 aliphatic heterocycles. The number of amides is 1. The van der Waals surface area contributed by atoms with Crippen molar-refractivity contribution in [1.29, 1.82) is 0 Å². The molecule has 1 aliphatic rings. The minimum atomic E-state index is 0. The first-order chi connectivity index (χ1) is 10.8. The Kier molecular flexibility index (Phi) is 12.4. The molecule has 1 unspecified atom stereocenters. The highest BCUT2D eigenvalue weighted by Crippen LogP contribution is 2.26. The number of hydrogen-bond acceptors (Lipinski definition) is 3. The average molecular weight is 332 g/mol. The Hall–Kier alpha value is -0.610. The van der Waals surface area contributed by atoms with Crippen LogP contribution in [-0.4, -0.2) is 36.9 Å². The molecule has 1 rings (SSSR count). The monoisotopic (exact) mass is 331 g/mol. The summed E-state index contributed by atoms with van der Waals surface area (Å²) in [4.78, 5) is 11.4. The molecular formula is C19H41NO3. The summed E-state index contributed by atoms with van der Waals surface area (Å²) in [5.41, 5.74) is 0.392. The van der Waals surface area contributed by atoms with Gasteiger partial charge in [-0.15, -0.1) is 0 Å². The molecule has 0 saturated heterocycles. The Morgan fingerprint density at radius 3 is 2.39 bits per heavy atom. The van der Waals surface area contributed by atoms with Crippen LogP contribution in [0.2, 0.25) is 0 Å². The largest absolute Gasteiger partial charge is 0.396 e. The van der Waals surface area contributed by atoms with E-state index in [2.05, 4.69) is 39.9 Å². The summed E-state index contributed by atoms with van der Waals surface area (Å²) in [7, 11) is 0. The van der Waals surface area contributed by atoms with E-state index in [4.69, 9.17) is 9.84 Å². The second-order valence-corrected chi connectivity index (χ2v) is 7.75. The van der Waals surface area contributed by atoms with Gasteiger partial charge in [0.05, 0.1) is 6.10 Å². The van der Waals surface area contributed by atoms with Crippen LogP contribution >= 0.6 is 0 Å². The molecule has 2 N–H and O–H groups in total. The van der Waals surface area contributed by atoms with Gasteiger partial charge in [0.25, 0.3) is 0 Å². The van der Waals surface area contributed by atoms with Gasteiger partial charge >= 0.3 is 0 Å². The summed E-state index contributed by atoms with van der Waals surface area (Å²) < 4.78 is 5.52. The Labute approximate surface area is 144 Å². The molecule has 23 heavy (non-hydrogen) atoms. The Bertz CT molecular complexity index is 301. The quantitative estimate of drug-likeness (QED) is 0.624. The van der Waals surface area contributed by atoms with E-state index in [0.717, 1.165) is 51.7 Å². The molecule has 1 aliphatic carbocycles. The topological polar surface area (TPSA) is 58.6 Å². The number of carbonyl (C=O) groups is 1. The normalized spacial score (nSPS) is 16.1. The highest BCUT2D eigenvalue weighted by molar-refractivity contribution is 5.79. The minimum Gasteiger partial charge on any atom is -0.396 e. The van der Waals surface area contributed by atoms with Gasteiger partial charge < -0.3 is 15.2 Å². The summed E-state index contributed by atoms with van der Waals surface area (Å²) in [6.45, 7) is 12.6. The maximum atomic E-state index is 11.4. The summed E-state index contributed by atoms with van der Waals surface area (Å²) in [5.74, 6) is 0.547. The molecule has 0 bridgehead atoms. The zero-order valence-electron chi connectivity index (χ0n) is 16.0. The number of aliphatic hydroxyl groups is 1. The van der Waals surface area contributed by atoms with Gasteiger partial charge in [0.2, 0.25) is 5.91 Å². The maximum Gasteiger partial charge on any atom is 0.223 e. The molecule has 0 aromatic carbocycles. The van der Waals surface area contributed by atoms with Crippen LogP contribution in [0.3, 0.4) is 0 Å². The number of rotatable bonds is 9. The van der Waals surface area contributed by atoms with Crippen molar-refractivity contribution in [3.05, 3.63) is 0 Å². The number of nitrogens with one attached hydrogen (secondary N) is 1. The van der Waals surface area contributed by atoms with Gasteiger partial charge in [0, 0.05) is 27.1 Å². The average Bonchev–Trinajstić information content (AvgIpc) is 2.42. The number of hydrogen-bond donors (Lipinski definition) is 2. The zero-order valence-corrected chi connectivity index (χ0v) is 16.0. The lowest BCUT2D eigenvalue weighted by Crippen LogP contribution is -2.35. The third kappa shape index (κ3) is 13.5. The van der Waals surface area contributed by atoms with Crippen molar-refractivity contribution in [2.24, 2.45) is 11.3 Å². The Balaban J connectivity index is 0. The molecular weight excluding hydrogens is 290 g/mol. The molecule has 1 atom stereocenters. The third-order valence-electron chi connectivity index (χ3n) is 4.16. The lowest BCUT2D eigenvalue weighted by Gasteiger charge is -2.24. The standard InChI is InChI=1S/C12H23NO2.C7H16O.H2/c1-3-10(2)15-9-5-8-13-12(14)11-6-4-7-11;1-7(2,3)5-4-6-8;/h10-11H,3-9H2,1-2H3,(H,13,14);8H,4-6H2,1-3H3;1H. The summed E-state index contributed by atoms with van der Waals surface area (Å²) in [6, 6.07) is 0. The van der Waals surface area contributed by atoms with Gasteiger partial charge in [0.1, 0.15) is 0 Å². The summed E-state index contributed by atoms with van der Waals surface area (Å²) >= 11 is 0. The number of ether oxygens (including phenoxy) is 1. The van der Waals surface area contributed by atoms with E-state index in [9.17, 15) is 4.79 Å². The van der Waals surface area contributed by atoms with E-state index >= 15 is 0 Å². The lowest BCUT2D eigenvalue weighted by atomic mass is 9.85. The van der Waals surface area contributed by atoms with Crippen LogP contribution in [0.1, 0.15) is 81.0 Å². The molecule has 0 heterocycles. The van der Waals surface area contributed by atoms with E-state index in [1.807, 2.05) is 0 Å². The molecule has 0 radical (unpaired) electrons. The smallest absolute Gasteiger partial charge is 0.223 e. The van der Waals surface area contributed by atoms with Crippen molar-refractivity contribution < 1.29 is 16.1 Å². The molecule has 0 spiro atoms. The van der Waals surface area contributed by atoms with Crippen LogP contribution in [0.25, 0.3) is 0 Å². The lowest BCUT2D eigenvalue weighted by molar-refractivity contribution is -0.127. The van der Waals surface area contributed by atoms with Crippen LogP contribution in [-0.2, 0) is 9.53 Å². The van der Waals surface area contributed by atoms with Gasteiger partial charge in [0.15, 0.2) is 0 Å². The van der Waals surface area contributed by atoms with Gasteiger partial charge in [-0.05, 0) is 50.9 Å². The SMILES string of the molecule is CC(C)(C)CCCO.CCC(C)OCCCNC(=O)C1CCC1.[HH]. The molecule has 4 heteroatoms. The minimum absolute atomic E-state index is 0. The molecule has 0 aromatic rings. The van der Waals surface area contributed by atoms with Gasteiger partial charge in [-0.1, -0.05) is 34.1 Å². The van der Waals surface area contributed by atoms with E-state index in [1.54, 1.807) is 0 Å². The first-order valence-corrected chi connectivity index (χ1v) is 9.30. The van der Waals surface area contributed by atoms with E-state index < -0.39 is 0 Å². The van der Waals surface area contributed by atoms with Crippen LogP contribution in [0.4, 0.5) is 0 Å². The van der Waals surface area contributed by atoms with Crippen LogP contribution in [0.5, 0.6) is 0 Å². The van der Waals surface area contributed by atoms with E-state index in [-0.39, 0.29) is 7.33 Å². The molecule has 0 aromatic heterocycles. The van der Waals surface area contributed by atoms with Crippen LogP contribution in [0, 0.1) is 11.3 Å². The van der Waals surface area contributed by atoms with Crippen molar-refractivity contribution in [2.75, 3.05) is 19.8 Å². The maximum absolute atomic E-state index is 11.4. The molecule has 1 amide bonds. The van der Waals surface area contributed by atoms with Crippen LogP contribution < -0.4 is 5.32 Å². The Morgan fingerprint density at radius 2 is 2.00 bits per heavy atom. The van der Waals surface area contributed by atoms with Crippen molar-refractivity contribution in [1.82, 2.24) is 5.32 Å². The predicted octanol–water partition coefficient (Wildman–Crippen LogP) is 4.16. The van der Waals surface area contributed by atoms with E-state index in [0.29, 0.717) is 24.0 Å². The third-order valence-corrected chi connectivity index (χ3v) is 4.16. The zero-order chi connectivity index (χ0) is 17.7. The van der Waals surface area contributed by atoms with Crippen molar-refractivity contribution in [2.45, 2.75) is 85.7 Å². The van der Waals surface area contributed by atoms with Crippen molar-refractivity contribution >= 4 is 5.91 Å². The number of aliphatic hydroxyl groups excluding tert-OH is 1. The van der Waals surface area contributed by atoms with Gasteiger partial charge in [-0.25, -0.2) is 0 Å². The molecule has 1 fully saturated rings. The first kappa shape index (κ1) is 22.4. The van der Waals surface area contributed by atoms with Crippen LogP contribution in [0.15, 0.2) is 0 Å². The van der Waals surface area contributed by atoms with E-state index in [1.165, 1.54) is 6.42 Å². The molecule has 1 saturated carbocycles. The second kappa shape index (κ2) is 12.8. The van der Waals surface area contributed by atoms with Gasteiger partial charge in [-0.3, -0.25) is 4.79 Å². The van der Waals surface area contributed by atoms with Gasteiger partial charge in [-0.2, -0.15) is 0 Å². The fourth-order valence-electron chi connectivity index (χ4n) is 2.11. The summed E-state index contributed by atoms with van der Waals surface area (Å²) in [5, 5.41) is 11.4. The van der Waals surface area contributed by atoms with Crippen molar-refractivity contribution in [3.8, 4) is 0 Å². The fourth-order valence-corrected chi connectivity index (χ4v) is 2.11. The molecule has 140 valence electrons. The first-order valence-electron chi connectivity index (χ1n) is 9.30. The molecule has 4 nitrogen and oxygen atoms in total.